The van der Waals surface area contributed by atoms with Crippen molar-refractivity contribution in [2.24, 2.45) is 0 Å². The van der Waals surface area contributed by atoms with Crippen molar-refractivity contribution in [2.45, 2.75) is 49.6 Å². The third-order valence-electron chi connectivity index (χ3n) is 6.79. The summed E-state index contributed by atoms with van der Waals surface area (Å²) < 4.78 is 16.2. The predicted molar refractivity (Wildman–Crippen MR) is 116 cm³/mol. The molecule has 10 nitrogen and oxygen atoms in total. The number of aliphatic hydroxyl groups is 2. The first kappa shape index (κ1) is 24.1. The van der Waals surface area contributed by atoms with E-state index in [0.29, 0.717) is 17.0 Å². The van der Waals surface area contributed by atoms with Gasteiger partial charge in [0.05, 0.1) is 32.3 Å². The van der Waals surface area contributed by atoms with Gasteiger partial charge in [-0.05, 0) is 19.4 Å². The van der Waals surface area contributed by atoms with E-state index in [-0.39, 0.29) is 17.8 Å². The highest BCUT2D eigenvalue weighted by Crippen LogP contribution is 2.49. The SMILES string of the molecule is COC(=O)C1=C(C)NC(C)=C(C(=O)[C@@]2(O)CO[C@@]3(CC(=O)O)[C@@H](O)CO[C@@H]32)C1c1ccccc1. The van der Waals surface area contributed by atoms with Crippen molar-refractivity contribution in [3.05, 3.63) is 58.4 Å². The van der Waals surface area contributed by atoms with E-state index in [9.17, 15) is 29.7 Å². The van der Waals surface area contributed by atoms with Crippen LogP contribution in [0, 0.1) is 0 Å². The molecule has 0 aliphatic carbocycles. The zero-order chi connectivity index (χ0) is 24.8. The summed E-state index contributed by atoms with van der Waals surface area (Å²) in [6, 6.07) is 8.84. The number of dihydropyridines is 1. The number of nitrogens with one attached hydrogen (secondary N) is 1. The molecule has 1 aromatic rings. The molecule has 0 aromatic heterocycles. The van der Waals surface area contributed by atoms with Crippen molar-refractivity contribution in [3.63, 3.8) is 0 Å². The quantitative estimate of drug-likeness (QED) is 0.427. The van der Waals surface area contributed by atoms with E-state index in [1.54, 1.807) is 44.2 Å². The second-order valence-corrected chi connectivity index (χ2v) is 8.83. The second-order valence-electron chi connectivity index (χ2n) is 8.83. The van der Waals surface area contributed by atoms with Gasteiger partial charge < -0.3 is 34.8 Å². The molecule has 0 amide bonds. The molecule has 2 saturated heterocycles. The molecule has 1 unspecified atom stereocenters. The van der Waals surface area contributed by atoms with Crippen LogP contribution in [0.1, 0.15) is 31.7 Å². The number of esters is 1. The number of hydrogen-bond acceptors (Lipinski definition) is 9. The van der Waals surface area contributed by atoms with Crippen LogP contribution in [-0.2, 0) is 28.6 Å². The number of ether oxygens (including phenoxy) is 3. The first-order valence-corrected chi connectivity index (χ1v) is 10.8. The maximum atomic E-state index is 14.0. The van der Waals surface area contributed by atoms with Crippen LogP contribution in [0.4, 0.5) is 0 Å². The standard InChI is InChI=1S/C24H27NO9/c1-12-17(19(14-7-5-4-6-8-14)18(13(2)25-12)21(30)32-3)20(29)23(31)11-34-24(9-16(27)28)15(26)10-33-22(23)24/h4-8,15,19,22,25-26,31H,9-11H2,1-3H3,(H,27,28)/t15-,19?,22+,23-,24-/m0/s1. The molecule has 10 heteroatoms. The minimum atomic E-state index is -2.29. The fourth-order valence-corrected chi connectivity index (χ4v) is 5.25. The average Bonchev–Trinajstić information content (AvgIpc) is 3.27. The Labute approximate surface area is 195 Å². The molecular formula is C24H27NO9. The van der Waals surface area contributed by atoms with E-state index in [1.807, 2.05) is 0 Å². The number of carboxylic acid groups (broad SMARTS) is 1. The van der Waals surface area contributed by atoms with Gasteiger partial charge in [-0.3, -0.25) is 9.59 Å². The van der Waals surface area contributed by atoms with E-state index in [2.05, 4.69) is 5.32 Å². The molecule has 0 bridgehead atoms. The normalized spacial score (nSPS) is 32.9. The van der Waals surface area contributed by atoms with Gasteiger partial charge >= 0.3 is 11.9 Å². The van der Waals surface area contributed by atoms with Crippen molar-refractivity contribution in [1.82, 2.24) is 5.32 Å². The zero-order valence-corrected chi connectivity index (χ0v) is 19.0. The summed E-state index contributed by atoms with van der Waals surface area (Å²) in [6.07, 6.45) is -3.41. The number of rotatable bonds is 6. The first-order valence-electron chi connectivity index (χ1n) is 10.8. The van der Waals surface area contributed by atoms with Crippen molar-refractivity contribution in [1.29, 1.82) is 0 Å². The lowest BCUT2D eigenvalue weighted by molar-refractivity contribution is -0.151. The molecule has 5 atom stereocenters. The molecule has 0 spiro atoms. The molecular weight excluding hydrogens is 446 g/mol. The lowest BCUT2D eigenvalue weighted by Gasteiger charge is -2.36. The molecule has 3 aliphatic heterocycles. The Morgan fingerprint density at radius 3 is 2.41 bits per heavy atom. The zero-order valence-electron chi connectivity index (χ0n) is 19.0. The van der Waals surface area contributed by atoms with Gasteiger partial charge in [0.15, 0.2) is 11.4 Å². The van der Waals surface area contributed by atoms with Crippen molar-refractivity contribution >= 4 is 17.7 Å². The fraction of sp³-hybridized carbons (Fsp3) is 0.458. The molecule has 4 rings (SSSR count). The molecule has 0 saturated carbocycles. The molecule has 1 aromatic carbocycles. The van der Waals surface area contributed by atoms with Crippen LogP contribution in [0.2, 0.25) is 0 Å². The summed E-state index contributed by atoms with van der Waals surface area (Å²) in [5, 5.41) is 34.5. The Morgan fingerprint density at radius 2 is 1.79 bits per heavy atom. The Kier molecular flexibility index (Phi) is 6.11. The summed E-state index contributed by atoms with van der Waals surface area (Å²) >= 11 is 0. The van der Waals surface area contributed by atoms with Gasteiger partial charge in [0.2, 0.25) is 0 Å². The van der Waals surface area contributed by atoms with Crippen LogP contribution < -0.4 is 5.32 Å². The number of carbonyl (C=O) groups excluding carboxylic acids is 2. The number of ketones is 1. The van der Waals surface area contributed by atoms with E-state index < -0.39 is 60.1 Å². The second kappa shape index (κ2) is 8.62. The highest BCUT2D eigenvalue weighted by Gasteiger charge is 2.69. The highest BCUT2D eigenvalue weighted by molar-refractivity contribution is 6.08. The Bertz CT molecular complexity index is 1090. The third kappa shape index (κ3) is 3.54. The van der Waals surface area contributed by atoms with Crippen LogP contribution >= 0.6 is 0 Å². The number of benzene rings is 1. The number of fused-ring (bicyclic) bond motifs is 1. The summed E-state index contributed by atoms with van der Waals surface area (Å²) in [4.78, 5) is 38.3. The molecule has 2 fully saturated rings. The van der Waals surface area contributed by atoms with Crippen LogP contribution in [0.25, 0.3) is 0 Å². The summed E-state index contributed by atoms with van der Waals surface area (Å²) in [6.45, 7) is 2.47. The summed E-state index contributed by atoms with van der Waals surface area (Å²) in [5.74, 6) is -3.56. The summed E-state index contributed by atoms with van der Waals surface area (Å²) in [5.41, 5.74) is -2.23. The maximum Gasteiger partial charge on any atom is 0.336 e. The third-order valence-corrected chi connectivity index (χ3v) is 6.79. The average molecular weight is 473 g/mol. The van der Waals surface area contributed by atoms with E-state index in [4.69, 9.17) is 14.2 Å². The maximum absolute atomic E-state index is 14.0. The Balaban J connectivity index is 1.82. The number of carboxylic acids is 1. The van der Waals surface area contributed by atoms with Gasteiger partial charge in [-0.1, -0.05) is 30.3 Å². The molecule has 3 aliphatic rings. The highest BCUT2D eigenvalue weighted by atomic mass is 16.6. The smallest absolute Gasteiger partial charge is 0.336 e. The molecule has 3 heterocycles. The Hall–Kier alpha value is -3.05. The van der Waals surface area contributed by atoms with E-state index in [0.717, 1.165) is 0 Å². The number of carbonyl (C=O) groups is 3. The molecule has 4 N–H and O–H groups in total. The minimum Gasteiger partial charge on any atom is -0.481 e. The fourth-order valence-electron chi connectivity index (χ4n) is 5.25. The number of Topliss-reactive ketones (excluding diaryl/α,β-unsaturated/α-hetero) is 1. The number of hydrogen-bond donors (Lipinski definition) is 4. The molecule has 34 heavy (non-hydrogen) atoms. The van der Waals surface area contributed by atoms with E-state index in [1.165, 1.54) is 7.11 Å². The van der Waals surface area contributed by atoms with Gasteiger partial charge in [-0.2, -0.15) is 0 Å². The molecule has 182 valence electrons. The van der Waals surface area contributed by atoms with E-state index >= 15 is 0 Å². The van der Waals surface area contributed by atoms with Crippen LogP contribution in [0.15, 0.2) is 52.9 Å². The number of aliphatic hydroxyl groups excluding tert-OH is 1. The number of methoxy groups -OCH3 is 1. The lowest BCUT2D eigenvalue weighted by Crippen LogP contribution is -2.57. The van der Waals surface area contributed by atoms with Gasteiger partial charge in [0, 0.05) is 22.9 Å². The van der Waals surface area contributed by atoms with Crippen molar-refractivity contribution < 1.29 is 43.9 Å². The number of allylic oxidation sites excluding steroid dienone is 2. The first-order chi connectivity index (χ1) is 16.1. The topological polar surface area (TPSA) is 152 Å². The lowest BCUT2D eigenvalue weighted by atomic mass is 9.72. The van der Waals surface area contributed by atoms with Crippen LogP contribution in [0.3, 0.4) is 0 Å². The van der Waals surface area contributed by atoms with Gasteiger partial charge in [0.25, 0.3) is 0 Å². The van der Waals surface area contributed by atoms with Gasteiger partial charge in [0.1, 0.15) is 17.8 Å². The van der Waals surface area contributed by atoms with Gasteiger partial charge in [-0.25, -0.2) is 4.79 Å². The van der Waals surface area contributed by atoms with Crippen LogP contribution in [-0.4, -0.2) is 76.8 Å². The van der Waals surface area contributed by atoms with Crippen molar-refractivity contribution in [3.8, 4) is 0 Å². The minimum absolute atomic E-state index is 0.0967. The largest absolute Gasteiger partial charge is 0.481 e. The Morgan fingerprint density at radius 1 is 1.15 bits per heavy atom. The number of aliphatic carboxylic acids is 1. The summed E-state index contributed by atoms with van der Waals surface area (Å²) in [7, 11) is 1.24. The van der Waals surface area contributed by atoms with Crippen molar-refractivity contribution in [2.75, 3.05) is 20.3 Å². The van der Waals surface area contributed by atoms with Gasteiger partial charge in [-0.15, -0.1) is 0 Å². The molecule has 0 radical (unpaired) electrons. The van der Waals surface area contributed by atoms with Crippen LogP contribution in [0.5, 0.6) is 0 Å². The monoisotopic (exact) mass is 473 g/mol. The predicted octanol–water partition coefficient (Wildman–Crippen LogP) is 0.398.